The number of hydrogen-bond acceptors (Lipinski definition) is 4. The Balaban J connectivity index is 1.79. The van der Waals surface area contributed by atoms with Gasteiger partial charge in [-0.25, -0.2) is 4.98 Å². The van der Waals surface area contributed by atoms with Crippen LogP contribution in [-0.2, 0) is 7.05 Å². The summed E-state index contributed by atoms with van der Waals surface area (Å²) in [7, 11) is 3.65. The van der Waals surface area contributed by atoms with E-state index in [1.54, 1.807) is 27.2 Å². The lowest BCUT2D eigenvalue weighted by molar-refractivity contribution is 0.143. The standard InChI is InChI=1S/C25H23N3O2/c1-25(2,29)12-11-17-13-20-14-19(7-10-22(20)26-15-17)24-23(27-16-28(24)3)18-5-8-21(30-4)9-6-18/h5-10,13-16,29H,1-4H3. The summed E-state index contributed by atoms with van der Waals surface area (Å²) in [6.07, 6.45) is 3.55. The first-order chi connectivity index (χ1) is 14.3. The first-order valence-electron chi connectivity index (χ1n) is 9.65. The van der Waals surface area contributed by atoms with Crippen LogP contribution in [0.1, 0.15) is 19.4 Å². The number of benzene rings is 2. The molecule has 0 fully saturated rings. The lowest BCUT2D eigenvalue weighted by Gasteiger charge is -2.09. The zero-order valence-corrected chi connectivity index (χ0v) is 17.5. The van der Waals surface area contributed by atoms with Crippen LogP contribution in [-0.4, -0.2) is 32.4 Å². The molecule has 1 N–H and O–H groups in total. The van der Waals surface area contributed by atoms with Crippen molar-refractivity contribution in [3.05, 3.63) is 66.6 Å². The lowest BCUT2D eigenvalue weighted by Crippen LogP contribution is -2.14. The van der Waals surface area contributed by atoms with Crippen molar-refractivity contribution in [2.24, 2.45) is 7.05 Å². The molecular weight excluding hydrogens is 374 g/mol. The van der Waals surface area contributed by atoms with Crippen LogP contribution in [0.5, 0.6) is 5.75 Å². The first kappa shape index (κ1) is 19.7. The summed E-state index contributed by atoms with van der Waals surface area (Å²) in [5.41, 5.74) is 4.61. The minimum Gasteiger partial charge on any atom is -0.497 e. The maximum absolute atomic E-state index is 9.85. The summed E-state index contributed by atoms with van der Waals surface area (Å²) in [5, 5.41) is 10.8. The Kier molecular flexibility index (Phi) is 5.03. The SMILES string of the molecule is COc1ccc(-c2ncn(C)c2-c2ccc3ncc(C#CC(C)(C)O)cc3c2)cc1. The van der Waals surface area contributed by atoms with Crippen LogP contribution in [0.4, 0.5) is 0 Å². The number of hydrogen-bond donors (Lipinski definition) is 1. The third-order valence-corrected chi connectivity index (χ3v) is 4.77. The summed E-state index contributed by atoms with van der Waals surface area (Å²) in [5.74, 6) is 6.65. The highest BCUT2D eigenvalue weighted by Crippen LogP contribution is 2.33. The minimum atomic E-state index is -1.04. The first-order valence-corrected chi connectivity index (χ1v) is 9.65. The quantitative estimate of drug-likeness (QED) is 0.520. The average Bonchev–Trinajstić information content (AvgIpc) is 3.12. The van der Waals surface area contributed by atoms with Gasteiger partial charge in [-0.15, -0.1) is 0 Å². The van der Waals surface area contributed by atoms with E-state index in [1.165, 1.54) is 0 Å². The van der Waals surface area contributed by atoms with Gasteiger partial charge in [0.1, 0.15) is 11.4 Å². The number of ether oxygens (including phenoxy) is 1. The van der Waals surface area contributed by atoms with E-state index in [1.807, 2.05) is 54.3 Å². The highest BCUT2D eigenvalue weighted by Gasteiger charge is 2.14. The van der Waals surface area contributed by atoms with Crippen LogP contribution >= 0.6 is 0 Å². The molecular formula is C25H23N3O2. The second kappa shape index (κ2) is 7.66. The Bertz CT molecular complexity index is 1270. The number of rotatable bonds is 3. The van der Waals surface area contributed by atoms with Gasteiger partial charge in [0.05, 0.1) is 30.3 Å². The highest BCUT2D eigenvalue weighted by atomic mass is 16.5. The Morgan fingerprint density at radius 2 is 1.73 bits per heavy atom. The van der Waals surface area contributed by atoms with Crippen LogP contribution in [0.2, 0.25) is 0 Å². The lowest BCUT2D eigenvalue weighted by atomic mass is 10.0. The van der Waals surface area contributed by atoms with E-state index < -0.39 is 5.60 Å². The predicted molar refractivity (Wildman–Crippen MR) is 119 cm³/mol. The van der Waals surface area contributed by atoms with E-state index in [4.69, 9.17) is 4.74 Å². The molecule has 0 bridgehead atoms. The zero-order valence-electron chi connectivity index (χ0n) is 17.5. The number of aromatic nitrogens is 3. The third-order valence-electron chi connectivity index (χ3n) is 4.77. The van der Waals surface area contributed by atoms with Crippen LogP contribution in [0.25, 0.3) is 33.4 Å². The molecule has 4 aromatic rings. The van der Waals surface area contributed by atoms with E-state index in [2.05, 4.69) is 33.9 Å². The van der Waals surface area contributed by atoms with E-state index in [-0.39, 0.29) is 0 Å². The summed E-state index contributed by atoms with van der Waals surface area (Å²) in [6.45, 7) is 3.32. The van der Waals surface area contributed by atoms with Crippen LogP contribution in [0.3, 0.4) is 0 Å². The predicted octanol–water partition coefficient (Wildman–Crippen LogP) is 4.43. The van der Waals surface area contributed by atoms with Crippen molar-refractivity contribution < 1.29 is 9.84 Å². The van der Waals surface area contributed by atoms with Crippen LogP contribution < -0.4 is 4.74 Å². The molecule has 30 heavy (non-hydrogen) atoms. The van der Waals surface area contributed by atoms with E-state index in [9.17, 15) is 5.11 Å². The fourth-order valence-electron chi connectivity index (χ4n) is 3.30. The molecule has 0 aliphatic carbocycles. The summed E-state index contributed by atoms with van der Waals surface area (Å²) < 4.78 is 7.29. The Hall–Kier alpha value is -3.62. The van der Waals surface area contributed by atoms with Gasteiger partial charge >= 0.3 is 0 Å². The molecule has 5 nitrogen and oxygen atoms in total. The molecule has 0 unspecified atom stereocenters. The molecule has 0 saturated carbocycles. The average molecular weight is 397 g/mol. The maximum atomic E-state index is 9.85. The molecule has 0 radical (unpaired) electrons. The van der Waals surface area contributed by atoms with Gasteiger partial charge in [0.2, 0.25) is 0 Å². The van der Waals surface area contributed by atoms with Gasteiger partial charge in [-0.05, 0) is 56.3 Å². The molecule has 150 valence electrons. The Morgan fingerprint density at radius 1 is 1.00 bits per heavy atom. The third kappa shape index (κ3) is 4.05. The molecule has 2 aromatic heterocycles. The van der Waals surface area contributed by atoms with Gasteiger partial charge < -0.3 is 14.4 Å². The second-order valence-electron chi connectivity index (χ2n) is 7.72. The number of aryl methyl sites for hydroxylation is 1. The van der Waals surface area contributed by atoms with E-state index >= 15 is 0 Å². The van der Waals surface area contributed by atoms with Crippen molar-refractivity contribution in [2.75, 3.05) is 7.11 Å². The largest absolute Gasteiger partial charge is 0.497 e. The van der Waals surface area contributed by atoms with Crippen LogP contribution in [0.15, 0.2) is 61.1 Å². The van der Waals surface area contributed by atoms with Gasteiger partial charge in [-0.3, -0.25) is 4.98 Å². The van der Waals surface area contributed by atoms with Gasteiger partial charge in [0.15, 0.2) is 0 Å². The van der Waals surface area contributed by atoms with Crippen molar-refractivity contribution in [3.8, 4) is 40.1 Å². The van der Waals surface area contributed by atoms with Gasteiger partial charge in [0.25, 0.3) is 0 Å². The molecule has 0 spiro atoms. The smallest absolute Gasteiger partial charge is 0.120 e. The normalized spacial score (nSPS) is 11.2. The fraction of sp³-hybridized carbons (Fsp3) is 0.200. The molecule has 2 aromatic carbocycles. The van der Waals surface area contributed by atoms with Crippen molar-refractivity contribution in [2.45, 2.75) is 19.4 Å². The summed E-state index contributed by atoms with van der Waals surface area (Å²) in [6, 6.07) is 16.0. The number of imidazole rings is 1. The van der Waals surface area contributed by atoms with Gasteiger partial charge in [-0.2, -0.15) is 0 Å². The number of fused-ring (bicyclic) bond motifs is 1. The molecule has 0 saturated heterocycles. The van der Waals surface area contributed by atoms with Crippen molar-refractivity contribution in [1.82, 2.24) is 14.5 Å². The van der Waals surface area contributed by atoms with Crippen molar-refractivity contribution in [3.63, 3.8) is 0 Å². The van der Waals surface area contributed by atoms with Crippen molar-refractivity contribution >= 4 is 10.9 Å². The fourth-order valence-corrected chi connectivity index (χ4v) is 3.30. The van der Waals surface area contributed by atoms with Crippen LogP contribution in [0, 0.1) is 11.8 Å². The minimum absolute atomic E-state index is 0.766. The number of methoxy groups -OCH3 is 1. The molecule has 0 amide bonds. The van der Waals surface area contributed by atoms with Crippen molar-refractivity contribution in [1.29, 1.82) is 0 Å². The summed E-state index contributed by atoms with van der Waals surface area (Å²) in [4.78, 5) is 9.13. The molecule has 2 heterocycles. The number of pyridine rings is 1. The number of aliphatic hydroxyl groups is 1. The van der Waals surface area contributed by atoms with E-state index in [0.29, 0.717) is 0 Å². The number of nitrogens with zero attached hydrogens (tertiary/aromatic N) is 3. The highest BCUT2D eigenvalue weighted by molar-refractivity contribution is 5.88. The maximum Gasteiger partial charge on any atom is 0.120 e. The van der Waals surface area contributed by atoms with Gasteiger partial charge in [0, 0.05) is 35.3 Å². The zero-order chi connectivity index (χ0) is 21.3. The topological polar surface area (TPSA) is 60.2 Å². The van der Waals surface area contributed by atoms with E-state index in [0.717, 1.165) is 44.7 Å². The Labute approximate surface area is 176 Å². The summed E-state index contributed by atoms with van der Waals surface area (Å²) >= 11 is 0. The molecule has 0 aliphatic heterocycles. The van der Waals surface area contributed by atoms with Gasteiger partial charge in [-0.1, -0.05) is 17.9 Å². The molecule has 0 aliphatic rings. The molecule has 4 rings (SSSR count). The Morgan fingerprint density at radius 3 is 2.43 bits per heavy atom. The second-order valence-corrected chi connectivity index (χ2v) is 7.72. The monoisotopic (exact) mass is 397 g/mol. The molecule has 0 atom stereocenters. The molecule has 5 heteroatoms.